The van der Waals surface area contributed by atoms with Crippen LogP contribution in [0.25, 0.3) is 10.9 Å². The van der Waals surface area contributed by atoms with Crippen molar-refractivity contribution in [2.45, 2.75) is 44.6 Å². The summed E-state index contributed by atoms with van der Waals surface area (Å²) < 4.78 is 56.1. The maximum Gasteiger partial charge on any atom is 0.573 e. The molecular formula is C28H28F4N6O5. The summed E-state index contributed by atoms with van der Waals surface area (Å²) in [6, 6.07) is 5.57. The van der Waals surface area contributed by atoms with Gasteiger partial charge in [0.15, 0.2) is 0 Å². The topological polar surface area (TPSA) is 128 Å². The number of amides is 5. The fraction of sp³-hybridized carbons (Fsp3) is 0.393. The monoisotopic (exact) mass is 604 g/mol. The predicted octanol–water partition coefficient (Wildman–Crippen LogP) is 3.81. The van der Waals surface area contributed by atoms with E-state index in [0.29, 0.717) is 17.8 Å². The van der Waals surface area contributed by atoms with Crippen molar-refractivity contribution < 1.29 is 41.5 Å². The number of aromatic amines is 1. The van der Waals surface area contributed by atoms with Crippen molar-refractivity contribution in [2.24, 2.45) is 5.92 Å². The molecule has 0 unspecified atom stereocenters. The maximum absolute atomic E-state index is 14.4. The second kappa shape index (κ2) is 10.9. The fourth-order valence-corrected chi connectivity index (χ4v) is 5.59. The van der Waals surface area contributed by atoms with Crippen LogP contribution in [0.4, 0.5) is 28.0 Å². The molecule has 11 nitrogen and oxygen atoms in total. The highest BCUT2D eigenvalue weighted by Crippen LogP contribution is 2.41. The summed E-state index contributed by atoms with van der Waals surface area (Å²) in [5.74, 6) is -4.37. The van der Waals surface area contributed by atoms with Crippen LogP contribution in [-0.2, 0) is 9.59 Å². The summed E-state index contributed by atoms with van der Waals surface area (Å²) in [6.45, 7) is 3.43. The molecule has 2 aromatic carbocycles. The van der Waals surface area contributed by atoms with Gasteiger partial charge in [-0.2, -0.15) is 5.10 Å². The van der Waals surface area contributed by atoms with Crippen molar-refractivity contribution in [3.8, 4) is 5.75 Å². The molecule has 2 saturated heterocycles. The number of H-pyrrole nitrogens is 1. The van der Waals surface area contributed by atoms with Crippen LogP contribution >= 0.6 is 0 Å². The zero-order valence-corrected chi connectivity index (χ0v) is 23.4. The predicted molar refractivity (Wildman–Crippen MR) is 144 cm³/mol. The number of ether oxygens (including phenoxy) is 1. The Morgan fingerprint density at radius 2 is 1.79 bits per heavy atom. The fourth-order valence-electron chi connectivity index (χ4n) is 5.59. The molecule has 1 aromatic heterocycles. The molecule has 0 radical (unpaired) electrons. The number of likely N-dealkylation sites (tertiary alicyclic amines) is 1. The van der Waals surface area contributed by atoms with Crippen LogP contribution in [-0.4, -0.2) is 81.8 Å². The smallest absolute Gasteiger partial charge is 0.406 e. The van der Waals surface area contributed by atoms with Gasteiger partial charge in [-0.15, -0.1) is 13.2 Å². The number of urea groups is 1. The van der Waals surface area contributed by atoms with Crippen LogP contribution in [0.3, 0.4) is 0 Å². The summed E-state index contributed by atoms with van der Waals surface area (Å²) in [5, 5.41) is 10.0. The van der Waals surface area contributed by atoms with Gasteiger partial charge >= 0.3 is 12.4 Å². The first-order chi connectivity index (χ1) is 20.2. The molecule has 228 valence electrons. The molecule has 2 aliphatic rings. The van der Waals surface area contributed by atoms with Gasteiger partial charge in [0.1, 0.15) is 23.1 Å². The Labute approximate surface area is 242 Å². The molecule has 1 spiro atoms. The van der Waals surface area contributed by atoms with Crippen molar-refractivity contribution in [3.05, 3.63) is 54.0 Å². The van der Waals surface area contributed by atoms with Gasteiger partial charge in [-0.3, -0.25) is 29.3 Å². The lowest BCUT2D eigenvalue weighted by Gasteiger charge is -2.43. The first-order valence-electron chi connectivity index (χ1n) is 13.4. The number of hydrogen-bond acceptors (Lipinski definition) is 6. The van der Waals surface area contributed by atoms with E-state index >= 15 is 0 Å². The van der Waals surface area contributed by atoms with E-state index in [2.05, 4.69) is 20.3 Å². The summed E-state index contributed by atoms with van der Waals surface area (Å²) in [7, 11) is 1.40. The number of rotatable bonds is 6. The van der Waals surface area contributed by atoms with Gasteiger partial charge in [-0.1, -0.05) is 13.8 Å². The minimum Gasteiger partial charge on any atom is -0.406 e. The Bertz CT molecular complexity index is 1600. The molecule has 0 bridgehead atoms. The molecule has 2 N–H and O–H groups in total. The number of piperidine rings is 1. The standard InChI is InChI=1S/C28H28F4N6O5/c1-15(2)22(34-23(39)19-13-18(5-6-20(19)29)43-28(30,31)32)24(40)37-10-8-27(9-11-37)25(41)36(3)26(42)38(27)17-4-7-21-16(12-17)14-33-35-21/h4-7,12-15,22H,8-11H2,1-3H3,(H,33,35)(H,34,39)/t22-/m1/s1. The van der Waals surface area contributed by atoms with Gasteiger partial charge in [0.25, 0.3) is 11.8 Å². The molecule has 5 rings (SSSR count). The maximum atomic E-state index is 14.4. The van der Waals surface area contributed by atoms with Gasteiger partial charge in [0.05, 0.1) is 17.3 Å². The lowest BCUT2D eigenvalue weighted by atomic mass is 9.85. The highest BCUT2D eigenvalue weighted by Gasteiger charge is 2.58. The summed E-state index contributed by atoms with van der Waals surface area (Å²) >= 11 is 0. The average Bonchev–Trinajstić information content (AvgIpc) is 3.49. The highest BCUT2D eigenvalue weighted by molar-refractivity contribution is 6.17. The summed E-state index contributed by atoms with van der Waals surface area (Å²) in [6.07, 6.45) is -3.22. The van der Waals surface area contributed by atoms with Crippen LogP contribution in [0.2, 0.25) is 0 Å². The number of fused-ring (bicyclic) bond motifs is 1. The molecule has 3 aromatic rings. The molecule has 1 atom stereocenters. The normalized spacial score (nSPS) is 17.7. The van der Waals surface area contributed by atoms with Crippen molar-refractivity contribution in [1.29, 1.82) is 0 Å². The van der Waals surface area contributed by atoms with Crippen molar-refractivity contribution >= 4 is 40.3 Å². The highest BCUT2D eigenvalue weighted by atomic mass is 19.4. The second-order valence-electron chi connectivity index (χ2n) is 10.9. The molecule has 3 heterocycles. The van der Waals surface area contributed by atoms with Crippen molar-refractivity contribution in [3.63, 3.8) is 0 Å². The number of carbonyl (C=O) groups is 4. The zero-order chi connectivity index (χ0) is 31.3. The molecule has 0 aliphatic carbocycles. The van der Waals surface area contributed by atoms with E-state index < -0.39 is 64.7 Å². The van der Waals surface area contributed by atoms with E-state index in [1.165, 1.54) is 16.8 Å². The first kappa shape index (κ1) is 29.8. The average molecular weight is 605 g/mol. The Kier molecular flexibility index (Phi) is 7.52. The third kappa shape index (κ3) is 5.46. The van der Waals surface area contributed by atoms with E-state index in [1.54, 1.807) is 38.2 Å². The van der Waals surface area contributed by atoms with Crippen LogP contribution in [0, 0.1) is 11.7 Å². The van der Waals surface area contributed by atoms with Crippen LogP contribution in [0.15, 0.2) is 42.6 Å². The molecule has 0 saturated carbocycles. The van der Waals surface area contributed by atoms with Crippen LogP contribution in [0.5, 0.6) is 5.75 Å². The number of benzene rings is 2. The van der Waals surface area contributed by atoms with E-state index in [4.69, 9.17) is 0 Å². The number of imide groups is 1. The second-order valence-corrected chi connectivity index (χ2v) is 10.9. The number of aromatic nitrogens is 2. The van der Waals surface area contributed by atoms with E-state index in [0.717, 1.165) is 21.9 Å². The third-order valence-electron chi connectivity index (χ3n) is 7.83. The molecule has 43 heavy (non-hydrogen) atoms. The molecule has 5 amide bonds. The first-order valence-corrected chi connectivity index (χ1v) is 13.4. The SMILES string of the molecule is CC(C)[C@@H](NC(=O)c1cc(OC(F)(F)F)ccc1F)C(=O)N1CCC2(CC1)C(=O)N(C)C(=O)N2c1ccc2[nH]ncc2c1. The Morgan fingerprint density at radius 1 is 1.09 bits per heavy atom. The number of hydrogen-bond donors (Lipinski definition) is 2. The Morgan fingerprint density at radius 3 is 2.44 bits per heavy atom. The number of anilines is 1. The summed E-state index contributed by atoms with van der Waals surface area (Å²) in [4.78, 5) is 57.1. The minimum absolute atomic E-state index is 0.0680. The molecule has 15 heteroatoms. The van der Waals surface area contributed by atoms with Crippen molar-refractivity contribution in [2.75, 3.05) is 25.0 Å². The largest absolute Gasteiger partial charge is 0.573 e. The third-order valence-corrected chi connectivity index (χ3v) is 7.83. The number of likely N-dealkylation sites (N-methyl/N-ethyl adjacent to an activating group) is 1. The summed E-state index contributed by atoms with van der Waals surface area (Å²) in [5.41, 5.74) is -0.701. The molecule has 2 aliphatic heterocycles. The molecule has 2 fully saturated rings. The number of alkyl halides is 3. The Balaban J connectivity index is 1.33. The van der Waals surface area contributed by atoms with Gasteiger partial charge in [0, 0.05) is 31.2 Å². The number of carbonyl (C=O) groups excluding carboxylic acids is 4. The number of nitrogens with one attached hydrogen (secondary N) is 2. The van der Waals surface area contributed by atoms with Gasteiger partial charge in [-0.25, -0.2) is 9.18 Å². The quantitative estimate of drug-likeness (QED) is 0.326. The number of halogens is 4. The van der Waals surface area contributed by atoms with E-state index in [-0.39, 0.29) is 25.9 Å². The van der Waals surface area contributed by atoms with Gasteiger partial charge in [-0.05, 0) is 55.2 Å². The molecular weight excluding hydrogens is 576 g/mol. The van der Waals surface area contributed by atoms with Gasteiger partial charge < -0.3 is 15.0 Å². The van der Waals surface area contributed by atoms with Gasteiger partial charge in [0.2, 0.25) is 5.91 Å². The lowest BCUT2D eigenvalue weighted by Crippen LogP contribution is -2.60. The van der Waals surface area contributed by atoms with Crippen LogP contribution in [0.1, 0.15) is 37.0 Å². The lowest BCUT2D eigenvalue weighted by molar-refractivity contribution is -0.274. The van der Waals surface area contributed by atoms with E-state index in [9.17, 15) is 36.7 Å². The number of nitrogens with zero attached hydrogens (tertiary/aromatic N) is 4. The zero-order valence-electron chi connectivity index (χ0n) is 23.4. The van der Waals surface area contributed by atoms with Crippen LogP contribution < -0.4 is 15.0 Å². The minimum atomic E-state index is -5.05. The van der Waals surface area contributed by atoms with Crippen molar-refractivity contribution in [1.82, 2.24) is 25.3 Å². The Hall–Kier alpha value is -4.69. The van der Waals surface area contributed by atoms with E-state index in [1.807, 2.05) is 0 Å².